The number of hydrogen-bond acceptors (Lipinski definition) is 2. The first-order valence-electron chi connectivity index (χ1n) is 6.17. The van der Waals surface area contributed by atoms with Crippen molar-refractivity contribution in [2.75, 3.05) is 6.54 Å². The van der Waals surface area contributed by atoms with Crippen molar-refractivity contribution >= 4 is 5.91 Å². The highest BCUT2D eigenvalue weighted by Gasteiger charge is 2.27. The molecule has 1 saturated carbocycles. The molecule has 1 amide bonds. The molecule has 1 atom stereocenters. The standard InChI is InChI=1S/C14H19NO2/c1-10(12-5-3-2-4-6-12)14(17)15-9-11-7-13(16)8-11/h2-6,10-11,13,16H,7-9H2,1H3,(H,15,17). The molecular weight excluding hydrogens is 214 g/mol. The second-order valence-electron chi connectivity index (χ2n) is 4.87. The summed E-state index contributed by atoms with van der Waals surface area (Å²) in [6.45, 7) is 2.60. The zero-order valence-electron chi connectivity index (χ0n) is 10.1. The van der Waals surface area contributed by atoms with Gasteiger partial charge in [-0.15, -0.1) is 0 Å². The SMILES string of the molecule is CC(C(=O)NCC1CC(O)C1)c1ccccc1. The van der Waals surface area contributed by atoms with Gasteiger partial charge in [-0.3, -0.25) is 4.79 Å². The molecule has 92 valence electrons. The van der Waals surface area contributed by atoms with Crippen LogP contribution < -0.4 is 5.32 Å². The fourth-order valence-electron chi connectivity index (χ4n) is 2.16. The van der Waals surface area contributed by atoms with Crippen LogP contribution in [0.5, 0.6) is 0 Å². The molecule has 1 unspecified atom stereocenters. The van der Waals surface area contributed by atoms with E-state index in [1.165, 1.54) is 0 Å². The minimum atomic E-state index is -0.150. The van der Waals surface area contributed by atoms with Gasteiger partial charge >= 0.3 is 0 Å². The van der Waals surface area contributed by atoms with E-state index in [-0.39, 0.29) is 17.9 Å². The van der Waals surface area contributed by atoms with E-state index < -0.39 is 0 Å². The minimum absolute atomic E-state index is 0.0672. The second-order valence-corrected chi connectivity index (χ2v) is 4.87. The van der Waals surface area contributed by atoms with Gasteiger partial charge in [-0.1, -0.05) is 30.3 Å². The van der Waals surface area contributed by atoms with Crippen molar-refractivity contribution in [3.8, 4) is 0 Å². The summed E-state index contributed by atoms with van der Waals surface area (Å²) >= 11 is 0. The monoisotopic (exact) mass is 233 g/mol. The molecule has 3 heteroatoms. The molecule has 1 aliphatic carbocycles. The number of hydrogen-bond donors (Lipinski definition) is 2. The van der Waals surface area contributed by atoms with Crippen LogP contribution in [-0.4, -0.2) is 23.7 Å². The van der Waals surface area contributed by atoms with Gasteiger partial charge in [0.1, 0.15) is 0 Å². The molecular formula is C14H19NO2. The average molecular weight is 233 g/mol. The zero-order valence-corrected chi connectivity index (χ0v) is 10.1. The van der Waals surface area contributed by atoms with Gasteiger partial charge in [-0.2, -0.15) is 0 Å². The molecule has 0 aromatic heterocycles. The summed E-state index contributed by atoms with van der Waals surface area (Å²) in [5.41, 5.74) is 1.04. The van der Waals surface area contributed by atoms with Gasteiger partial charge in [0.25, 0.3) is 0 Å². The number of carbonyl (C=O) groups excluding carboxylic acids is 1. The number of amides is 1. The van der Waals surface area contributed by atoms with E-state index in [1.54, 1.807) is 0 Å². The molecule has 1 fully saturated rings. The fraction of sp³-hybridized carbons (Fsp3) is 0.500. The molecule has 1 aromatic rings. The number of aliphatic hydroxyl groups is 1. The van der Waals surface area contributed by atoms with Gasteiger partial charge in [-0.05, 0) is 31.2 Å². The molecule has 2 rings (SSSR count). The smallest absolute Gasteiger partial charge is 0.227 e. The lowest BCUT2D eigenvalue weighted by atomic mass is 9.82. The Hall–Kier alpha value is -1.35. The van der Waals surface area contributed by atoms with Crippen molar-refractivity contribution in [3.63, 3.8) is 0 Å². The highest BCUT2D eigenvalue weighted by Crippen LogP contribution is 2.26. The van der Waals surface area contributed by atoms with E-state index in [1.807, 2.05) is 37.3 Å². The zero-order chi connectivity index (χ0) is 12.3. The first-order valence-corrected chi connectivity index (χ1v) is 6.17. The quantitative estimate of drug-likeness (QED) is 0.831. The Bertz CT molecular complexity index is 371. The third kappa shape index (κ3) is 3.07. The predicted octanol–water partition coefficient (Wildman–Crippen LogP) is 1.68. The first kappa shape index (κ1) is 12.1. The Morgan fingerprint density at radius 3 is 2.65 bits per heavy atom. The van der Waals surface area contributed by atoms with Gasteiger partial charge in [-0.25, -0.2) is 0 Å². The van der Waals surface area contributed by atoms with Crippen molar-refractivity contribution in [2.24, 2.45) is 5.92 Å². The van der Waals surface area contributed by atoms with Gasteiger partial charge in [0.05, 0.1) is 12.0 Å². The van der Waals surface area contributed by atoms with E-state index in [4.69, 9.17) is 5.11 Å². The Balaban J connectivity index is 1.80. The first-order chi connectivity index (χ1) is 8.16. The average Bonchev–Trinajstić information content (AvgIpc) is 2.33. The van der Waals surface area contributed by atoms with Crippen molar-refractivity contribution < 1.29 is 9.90 Å². The third-order valence-corrected chi connectivity index (χ3v) is 3.47. The topological polar surface area (TPSA) is 49.3 Å². The molecule has 0 radical (unpaired) electrons. The van der Waals surface area contributed by atoms with Crippen LogP contribution in [-0.2, 0) is 4.79 Å². The maximum atomic E-state index is 11.9. The number of carbonyl (C=O) groups is 1. The summed E-state index contributed by atoms with van der Waals surface area (Å²) in [4.78, 5) is 11.9. The molecule has 0 heterocycles. The van der Waals surface area contributed by atoms with E-state index in [9.17, 15) is 4.79 Å². The Morgan fingerprint density at radius 2 is 2.06 bits per heavy atom. The van der Waals surface area contributed by atoms with Gasteiger partial charge in [0.15, 0.2) is 0 Å². The number of aliphatic hydroxyl groups excluding tert-OH is 1. The van der Waals surface area contributed by atoms with Crippen LogP contribution >= 0.6 is 0 Å². The van der Waals surface area contributed by atoms with Crippen LogP contribution in [0, 0.1) is 5.92 Å². The molecule has 17 heavy (non-hydrogen) atoms. The maximum absolute atomic E-state index is 11.9. The van der Waals surface area contributed by atoms with Gasteiger partial charge in [0.2, 0.25) is 5.91 Å². The van der Waals surface area contributed by atoms with Crippen molar-refractivity contribution in [3.05, 3.63) is 35.9 Å². The van der Waals surface area contributed by atoms with Crippen molar-refractivity contribution in [1.29, 1.82) is 0 Å². The highest BCUT2D eigenvalue weighted by molar-refractivity contribution is 5.83. The predicted molar refractivity (Wildman–Crippen MR) is 66.6 cm³/mol. The van der Waals surface area contributed by atoms with Crippen LogP contribution in [0.25, 0.3) is 0 Å². The molecule has 0 saturated heterocycles. The lowest BCUT2D eigenvalue weighted by molar-refractivity contribution is -0.122. The van der Waals surface area contributed by atoms with E-state index in [0.717, 1.165) is 18.4 Å². The lowest BCUT2D eigenvalue weighted by Crippen LogP contribution is -2.39. The summed E-state index contributed by atoms with van der Waals surface area (Å²) in [6, 6.07) is 9.78. The van der Waals surface area contributed by atoms with Crippen LogP contribution in [0.2, 0.25) is 0 Å². The Kier molecular flexibility index (Phi) is 3.79. The number of rotatable bonds is 4. The van der Waals surface area contributed by atoms with Crippen molar-refractivity contribution in [2.45, 2.75) is 31.8 Å². The van der Waals surface area contributed by atoms with E-state index in [0.29, 0.717) is 12.5 Å². The molecule has 2 N–H and O–H groups in total. The Labute approximate surface area is 102 Å². The molecule has 3 nitrogen and oxygen atoms in total. The molecule has 0 bridgehead atoms. The molecule has 1 aromatic carbocycles. The minimum Gasteiger partial charge on any atom is -0.393 e. The lowest BCUT2D eigenvalue weighted by Gasteiger charge is -2.31. The summed E-state index contributed by atoms with van der Waals surface area (Å²) < 4.78 is 0. The number of nitrogens with one attached hydrogen (secondary N) is 1. The highest BCUT2D eigenvalue weighted by atomic mass is 16.3. The Morgan fingerprint density at radius 1 is 1.41 bits per heavy atom. The number of benzene rings is 1. The molecule has 0 aliphatic heterocycles. The van der Waals surface area contributed by atoms with Crippen LogP contribution in [0.1, 0.15) is 31.2 Å². The summed E-state index contributed by atoms with van der Waals surface area (Å²) in [5.74, 6) is 0.413. The second kappa shape index (κ2) is 5.32. The summed E-state index contributed by atoms with van der Waals surface area (Å²) in [6.07, 6.45) is 1.49. The molecule has 0 spiro atoms. The van der Waals surface area contributed by atoms with Crippen LogP contribution in [0.3, 0.4) is 0 Å². The third-order valence-electron chi connectivity index (χ3n) is 3.47. The van der Waals surface area contributed by atoms with E-state index >= 15 is 0 Å². The normalized spacial score (nSPS) is 24.8. The summed E-state index contributed by atoms with van der Waals surface area (Å²) in [7, 11) is 0. The van der Waals surface area contributed by atoms with Gasteiger partial charge < -0.3 is 10.4 Å². The largest absolute Gasteiger partial charge is 0.393 e. The fourth-order valence-corrected chi connectivity index (χ4v) is 2.16. The maximum Gasteiger partial charge on any atom is 0.227 e. The van der Waals surface area contributed by atoms with Crippen LogP contribution in [0.4, 0.5) is 0 Å². The van der Waals surface area contributed by atoms with E-state index in [2.05, 4.69) is 5.32 Å². The van der Waals surface area contributed by atoms with Gasteiger partial charge in [0, 0.05) is 6.54 Å². The molecule has 1 aliphatic rings. The van der Waals surface area contributed by atoms with Crippen LogP contribution in [0.15, 0.2) is 30.3 Å². The summed E-state index contributed by atoms with van der Waals surface area (Å²) in [5, 5.41) is 12.1. The van der Waals surface area contributed by atoms with Crippen molar-refractivity contribution in [1.82, 2.24) is 5.32 Å².